The topological polar surface area (TPSA) is 67.9 Å². The van der Waals surface area contributed by atoms with Gasteiger partial charge in [-0.2, -0.15) is 0 Å². The van der Waals surface area contributed by atoms with Gasteiger partial charge in [0.2, 0.25) is 12.7 Å². The molecule has 0 radical (unpaired) electrons. The number of piperidine rings is 1. The maximum absolute atomic E-state index is 12.8. The van der Waals surface area contributed by atoms with Crippen molar-refractivity contribution in [3.05, 3.63) is 59.7 Å². The fourth-order valence-corrected chi connectivity index (χ4v) is 3.85. The second-order valence-electron chi connectivity index (χ2n) is 7.51. The number of aryl methyl sites for hydroxylation is 1. The van der Waals surface area contributed by atoms with Crippen molar-refractivity contribution in [2.75, 3.05) is 26.4 Å². The lowest BCUT2D eigenvalue weighted by atomic mass is 9.95. The molecular weight excluding hydrogens is 368 g/mol. The molecule has 2 aromatic carbocycles. The minimum atomic E-state index is -0.0231. The molecule has 152 valence electrons. The van der Waals surface area contributed by atoms with Gasteiger partial charge in [-0.15, -0.1) is 0 Å². The highest BCUT2D eigenvalue weighted by Crippen LogP contribution is 2.33. The minimum absolute atomic E-state index is 0.0208. The van der Waals surface area contributed by atoms with Gasteiger partial charge in [-0.1, -0.05) is 30.3 Å². The van der Waals surface area contributed by atoms with Crippen molar-refractivity contribution >= 4 is 11.8 Å². The molecule has 29 heavy (non-hydrogen) atoms. The van der Waals surface area contributed by atoms with E-state index >= 15 is 0 Å². The summed E-state index contributed by atoms with van der Waals surface area (Å²) in [6.45, 7) is 2.06. The van der Waals surface area contributed by atoms with Crippen LogP contribution in [-0.2, 0) is 11.2 Å². The molecule has 6 nitrogen and oxygen atoms in total. The Morgan fingerprint density at radius 1 is 1.00 bits per heavy atom. The highest BCUT2D eigenvalue weighted by molar-refractivity contribution is 5.95. The number of ether oxygens (including phenoxy) is 2. The number of benzene rings is 2. The number of rotatable bonds is 6. The Hall–Kier alpha value is -3.02. The fourth-order valence-electron chi connectivity index (χ4n) is 3.85. The lowest BCUT2D eigenvalue weighted by molar-refractivity contribution is -0.126. The van der Waals surface area contributed by atoms with E-state index in [1.807, 2.05) is 23.1 Å². The molecule has 1 saturated heterocycles. The standard InChI is InChI=1S/C23H26N2O4/c26-22(24-12-4-7-17-5-2-1-3-6-17)18-10-13-25(14-11-18)23(27)19-8-9-20-21(15-19)29-16-28-20/h1-3,5-6,8-9,15,18H,4,7,10-14,16H2,(H,24,26). The van der Waals surface area contributed by atoms with Crippen LogP contribution in [0, 0.1) is 5.92 Å². The lowest BCUT2D eigenvalue weighted by Gasteiger charge is -2.31. The molecule has 2 aliphatic rings. The number of hydrogen-bond acceptors (Lipinski definition) is 4. The summed E-state index contributed by atoms with van der Waals surface area (Å²) in [7, 11) is 0. The van der Waals surface area contributed by atoms with E-state index in [2.05, 4.69) is 17.4 Å². The molecule has 2 aromatic rings. The zero-order valence-corrected chi connectivity index (χ0v) is 16.4. The van der Waals surface area contributed by atoms with Crippen molar-refractivity contribution in [1.82, 2.24) is 10.2 Å². The first-order chi connectivity index (χ1) is 14.2. The number of fused-ring (bicyclic) bond motifs is 1. The molecule has 0 unspecified atom stereocenters. The van der Waals surface area contributed by atoms with E-state index in [9.17, 15) is 9.59 Å². The Bertz CT molecular complexity index is 860. The largest absolute Gasteiger partial charge is 0.454 e. The van der Waals surface area contributed by atoms with E-state index in [4.69, 9.17) is 9.47 Å². The van der Waals surface area contributed by atoms with Gasteiger partial charge in [-0.25, -0.2) is 0 Å². The van der Waals surface area contributed by atoms with E-state index in [1.54, 1.807) is 18.2 Å². The Morgan fingerprint density at radius 3 is 2.55 bits per heavy atom. The summed E-state index contributed by atoms with van der Waals surface area (Å²) in [5, 5.41) is 3.05. The fraction of sp³-hybridized carbons (Fsp3) is 0.391. The SMILES string of the molecule is O=C(NCCCc1ccccc1)C1CCN(C(=O)c2ccc3c(c2)OCO3)CC1. The zero-order chi connectivity index (χ0) is 20.1. The van der Waals surface area contributed by atoms with E-state index in [0.717, 1.165) is 12.8 Å². The number of likely N-dealkylation sites (tertiary alicyclic amines) is 1. The normalized spacial score (nSPS) is 15.9. The van der Waals surface area contributed by atoms with E-state index in [1.165, 1.54) is 5.56 Å². The Kier molecular flexibility index (Phi) is 5.98. The second-order valence-corrected chi connectivity index (χ2v) is 7.51. The van der Waals surface area contributed by atoms with Crippen LogP contribution in [0.15, 0.2) is 48.5 Å². The molecule has 1 N–H and O–H groups in total. The van der Waals surface area contributed by atoms with Crippen LogP contribution >= 0.6 is 0 Å². The Morgan fingerprint density at radius 2 is 1.76 bits per heavy atom. The number of amides is 2. The third-order valence-electron chi connectivity index (χ3n) is 5.56. The van der Waals surface area contributed by atoms with Crippen LogP contribution in [-0.4, -0.2) is 43.1 Å². The summed E-state index contributed by atoms with van der Waals surface area (Å²) in [6, 6.07) is 15.6. The van der Waals surface area contributed by atoms with Gasteiger partial charge in [-0.3, -0.25) is 9.59 Å². The maximum atomic E-state index is 12.8. The summed E-state index contributed by atoms with van der Waals surface area (Å²) >= 11 is 0. The summed E-state index contributed by atoms with van der Waals surface area (Å²) in [5.41, 5.74) is 1.88. The maximum Gasteiger partial charge on any atom is 0.253 e. The first kappa shape index (κ1) is 19.3. The summed E-state index contributed by atoms with van der Waals surface area (Å²) in [6.07, 6.45) is 3.28. The summed E-state index contributed by atoms with van der Waals surface area (Å²) < 4.78 is 10.6. The van der Waals surface area contributed by atoms with Crippen LogP contribution < -0.4 is 14.8 Å². The van der Waals surface area contributed by atoms with Crippen LogP contribution in [0.25, 0.3) is 0 Å². The smallest absolute Gasteiger partial charge is 0.253 e. The second kappa shape index (κ2) is 8.99. The molecule has 0 aliphatic carbocycles. The van der Waals surface area contributed by atoms with Crippen LogP contribution in [0.3, 0.4) is 0 Å². The molecular formula is C23H26N2O4. The molecule has 0 saturated carbocycles. The third-order valence-corrected chi connectivity index (χ3v) is 5.56. The first-order valence-corrected chi connectivity index (χ1v) is 10.2. The molecule has 0 spiro atoms. The van der Waals surface area contributed by atoms with Crippen molar-refractivity contribution < 1.29 is 19.1 Å². The van der Waals surface area contributed by atoms with Gasteiger partial charge >= 0.3 is 0 Å². The molecule has 0 atom stereocenters. The number of carbonyl (C=O) groups is 2. The Labute approximate surface area is 170 Å². The van der Waals surface area contributed by atoms with Crippen molar-refractivity contribution in [2.45, 2.75) is 25.7 Å². The van der Waals surface area contributed by atoms with Gasteiger partial charge in [0.1, 0.15) is 0 Å². The number of carbonyl (C=O) groups excluding carboxylic acids is 2. The van der Waals surface area contributed by atoms with Gasteiger partial charge in [0.25, 0.3) is 5.91 Å². The monoisotopic (exact) mass is 394 g/mol. The predicted octanol–water partition coefficient (Wildman–Crippen LogP) is 3.02. The molecule has 2 amide bonds. The quantitative estimate of drug-likeness (QED) is 0.765. The average Bonchev–Trinajstić information content (AvgIpc) is 3.25. The van der Waals surface area contributed by atoms with E-state index in [0.29, 0.717) is 49.5 Å². The highest BCUT2D eigenvalue weighted by Gasteiger charge is 2.28. The number of nitrogens with zero attached hydrogens (tertiary/aromatic N) is 1. The van der Waals surface area contributed by atoms with Gasteiger partial charge in [0, 0.05) is 31.1 Å². The minimum Gasteiger partial charge on any atom is -0.454 e. The van der Waals surface area contributed by atoms with Crippen molar-refractivity contribution in [1.29, 1.82) is 0 Å². The van der Waals surface area contributed by atoms with Crippen molar-refractivity contribution in [3.63, 3.8) is 0 Å². The highest BCUT2D eigenvalue weighted by atomic mass is 16.7. The van der Waals surface area contributed by atoms with Crippen LogP contribution in [0.2, 0.25) is 0 Å². The van der Waals surface area contributed by atoms with E-state index in [-0.39, 0.29) is 24.5 Å². The third kappa shape index (κ3) is 4.70. The average molecular weight is 394 g/mol. The van der Waals surface area contributed by atoms with E-state index < -0.39 is 0 Å². The zero-order valence-electron chi connectivity index (χ0n) is 16.4. The predicted molar refractivity (Wildman–Crippen MR) is 109 cm³/mol. The first-order valence-electron chi connectivity index (χ1n) is 10.2. The van der Waals surface area contributed by atoms with Gasteiger partial charge < -0.3 is 19.7 Å². The number of hydrogen-bond donors (Lipinski definition) is 1. The molecule has 0 bridgehead atoms. The lowest BCUT2D eigenvalue weighted by Crippen LogP contribution is -2.43. The molecule has 1 fully saturated rings. The van der Waals surface area contributed by atoms with Crippen LogP contribution in [0.1, 0.15) is 35.2 Å². The summed E-state index contributed by atoms with van der Waals surface area (Å²) in [4.78, 5) is 27.0. The number of nitrogens with one attached hydrogen (secondary N) is 1. The molecule has 6 heteroatoms. The van der Waals surface area contributed by atoms with Crippen molar-refractivity contribution in [2.24, 2.45) is 5.92 Å². The molecule has 2 aliphatic heterocycles. The van der Waals surface area contributed by atoms with Gasteiger partial charge in [-0.05, 0) is 49.4 Å². The van der Waals surface area contributed by atoms with Gasteiger partial charge in [0.15, 0.2) is 11.5 Å². The summed E-state index contributed by atoms with van der Waals surface area (Å²) in [5.74, 6) is 1.34. The Balaban J connectivity index is 1.20. The van der Waals surface area contributed by atoms with Gasteiger partial charge in [0.05, 0.1) is 0 Å². The molecule has 2 heterocycles. The van der Waals surface area contributed by atoms with Crippen LogP contribution in [0.5, 0.6) is 11.5 Å². The molecule has 4 rings (SSSR count). The van der Waals surface area contributed by atoms with Crippen molar-refractivity contribution in [3.8, 4) is 11.5 Å². The molecule has 0 aromatic heterocycles. The van der Waals surface area contributed by atoms with Crippen LogP contribution in [0.4, 0.5) is 0 Å².